The third-order valence-corrected chi connectivity index (χ3v) is 1.83. The van der Waals surface area contributed by atoms with Crippen molar-refractivity contribution < 1.29 is 9.53 Å². The molecule has 0 radical (unpaired) electrons. The van der Waals surface area contributed by atoms with Gasteiger partial charge in [-0.15, -0.1) is 0 Å². The molecule has 0 aliphatic carbocycles. The molecule has 0 bridgehead atoms. The van der Waals surface area contributed by atoms with Crippen LogP contribution in [0.2, 0.25) is 0 Å². The van der Waals surface area contributed by atoms with Crippen LogP contribution in [0.4, 0.5) is 0 Å². The summed E-state index contributed by atoms with van der Waals surface area (Å²) in [7, 11) is 1.36. The minimum absolute atomic E-state index is 0.372. The number of nitrogens with zero attached hydrogens (tertiary/aromatic N) is 1. The van der Waals surface area contributed by atoms with E-state index in [0.717, 1.165) is 13.1 Å². The van der Waals surface area contributed by atoms with E-state index in [4.69, 9.17) is 5.73 Å². The minimum Gasteiger partial charge on any atom is -0.464 e. The predicted molar refractivity (Wildman–Crippen MR) is 51.8 cm³/mol. The smallest absolute Gasteiger partial charge is 0.356 e. The molecule has 0 saturated heterocycles. The van der Waals surface area contributed by atoms with Crippen LogP contribution in [-0.2, 0) is 9.53 Å². The van der Waals surface area contributed by atoms with Gasteiger partial charge < -0.3 is 15.4 Å². The van der Waals surface area contributed by atoms with E-state index in [1.165, 1.54) is 7.11 Å². The van der Waals surface area contributed by atoms with Gasteiger partial charge in [0.2, 0.25) is 0 Å². The number of likely N-dealkylation sites (N-methyl/N-ethyl adjacent to an activating group) is 1. The highest BCUT2D eigenvalue weighted by Gasteiger charge is 2.17. The van der Waals surface area contributed by atoms with Crippen molar-refractivity contribution in [3.05, 3.63) is 11.4 Å². The number of esters is 1. The van der Waals surface area contributed by atoms with Gasteiger partial charge in [0.1, 0.15) is 5.70 Å². The molecular formula is C9H18N2O2. The van der Waals surface area contributed by atoms with Gasteiger partial charge in [0.15, 0.2) is 0 Å². The highest BCUT2D eigenvalue weighted by atomic mass is 16.5. The first kappa shape index (κ1) is 11.8. The number of allylic oxidation sites excluding steroid dienone is 1. The normalized spacial score (nSPS) is 12.0. The molecule has 0 heterocycles. The minimum atomic E-state index is -0.372. The molecule has 76 valence electrons. The Hall–Kier alpha value is -1.19. The van der Waals surface area contributed by atoms with Gasteiger partial charge in [-0.1, -0.05) is 0 Å². The lowest BCUT2D eigenvalue weighted by Crippen LogP contribution is -2.30. The van der Waals surface area contributed by atoms with Crippen molar-refractivity contribution in [3.8, 4) is 0 Å². The Labute approximate surface area is 79.3 Å². The fraction of sp³-hybridized carbons (Fsp3) is 0.667. The summed E-state index contributed by atoms with van der Waals surface area (Å²) in [6.45, 7) is 7.13. The number of methoxy groups -OCH3 is 1. The summed E-state index contributed by atoms with van der Waals surface area (Å²) in [6.07, 6.45) is 0. The number of carbonyl (C=O) groups excluding carboxylic acids is 1. The second-order valence-corrected chi connectivity index (χ2v) is 2.70. The Morgan fingerprint density at radius 2 is 1.85 bits per heavy atom. The van der Waals surface area contributed by atoms with E-state index >= 15 is 0 Å². The van der Waals surface area contributed by atoms with Crippen molar-refractivity contribution in [2.75, 3.05) is 20.2 Å². The Bertz CT molecular complexity index is 204. The third kappa shape index (κ3) is 2.97. The summed E-state index contributed by atoms with van der Waals surface area (Å²) in [5.41, 5.74) is 6.56. The molecule has 13 heavy (non-hydrogen) atoms. The van der Waals surface area contributed by atoms with Gasteiger partial charge in [-0.05, 0) is 20.8 Å². The number of hydrogen-bond acceptors (Lipinski definition) is 4. The maximum atomic E-state index is 11.3. The molecule has 0 aromatic carbocycles. The van der Waals surface area contributed by atoms with Crippen molar-refractivity contribution in [1.82, 2.24) is 4.90 Å². The van der Waals surface area contributed by atoms with Crippen LogP contribution in [0.15, 0.2) is 11.4 Å². The van der Waals surface area contributed by atoms with Crippen LogP contribution in [0.25, 0.3) is 0 Å². The first-order valence-corrected chi connectivity index (χ1v) is 4.38. The van der Waals surface area contributed by atoms with Crippen LogP contribution in [0.1, 0.15) is 20.8 Å². The van der Waals surface area contributed by atoms with E-state index in [0.29, 0.717) is 11.4 Å². The topological polar surface area (TPSA) is 55.6 Å². The highest BCUT2D eigenvalue weighted by molar-refractivity contribution is 5.88. The average Bonchev–Trinajstić information content (AvgIpc) is 2.12. The van der Waals surface area contributed by atoms with Crippen LogP contribution in [-0.4, -0.2) is 31.1 Å². The number of ether oxygens (including phenoxy) is 1. The Kier molecular flexibility index (Phi) is 4.96. The summed E-state index contributed by atoms with van der Waals surface area (Å²) < 4.78 is 4.64. The van der Waals surface area contributed by atoms with E-state index in [-0.39, 0.29) is 5.97 Å². The third-order valence-electron chi connectivity index (χ3n) is 1.83. The summed E-state index contributed by atoms with van der Waals surface area (Å²) in [5.74, 6) is -0.372. The van der Waals surface area contributed by atoms with Crippen LogP contribution in [0.3, 0.4) is 0 Å². The van der Waals surface area contributed by atoms with Crippen LogP contribution in [0, 0.1) is 0 Å². The molecule has 4 nitrogen and oxygen atoms in total. The molecule has 0 saturated carbocycles. The molecule has 0 aliphatic heterocycles. The van der Waals surface area contributed by atoms with Crippen molar-refractivity contribution in [2.45, 2.75) is 20.8 Å². The van der Waals surface area contributed by atoms with Gasteiger partial charge in [-0.25, -0.2) is 4.79 Å². The Balaban J connectivity index is 4.82. The van der Waals surface area contributed by atoms with Gasteiger partial charge in [-0.2, -0.15) is 0 Å². The number of carbonyl (C=O) groups is 1. The van der Waals surface area contributed by atoms with Crippen LogP contribution in [0.5, 0.6) is 0 Å². The van der Waals surface area contributed by atoms with Crippen LogP contribution >= 0.6 is 0 Å². The van der Waals surface area contributed by atoms with E-state index in [1.807, 2.05) is 18.7 Å². The molecular weight excluding hydrogens is 168 g/mol. The van der Waals surface area contributed by atoms with Gasteiger partial charge in [-0.3, -0.25) is 0 Å². The number of nitrogens with two attached hydrogens (primary N) is 1. The molecule has 2 N–H and O–H groups in total. The van der Waals surface area contributed by atoms with E-state index in [9.17, 15) is 4.79 Å². The van der Waals surface area contributed by atoms with Crippen LogP contribution < -0.4 is 5.73 Å². The SMILES string of the molecule is CCN(CC)/C(C(=O)OC)=C(\C)N. The van der Waals surface area contributed by atoms with Crippen molar-refractivity contribution in [1.29, 1.82) is 0 Å². The summed E-state index contributed by atoms with van der Waals surface area (Å²) >= 11 is 0. The van der Waals surface area contributed by atoms with Gasteiger partial charge in [0.05, 0.1) is 7.11 Å². The molecule has 4 heteroatoms. The van der Waals surface area contributed by atoms with Crippen molar-refractivity contribution in [2.24, 2.45) is 5.73 Å². The fourth-order valence-corrected chi connectivity index (χ4v) is 1.18. The summed E-state index contributed by atoms with van der Waals surface area (Å²) in [4.78, 5) is 13.2. The molecule has 0 spiro atoms. The molecule has 0 aromatic heterocycles. The first-order chi connectivity index (χ1) is 6.08. The second kappa shape index (κ2) is 5.45. The molecule has 0 amide bonds. The molecule has 0 aromatic rings. The quantitative estimate of drug-likeness (QED) is 0.518. The molecule has 0 aliphatic rings. The molecule has 0 fully saturated rings. The monoisotopic (exact) mass is 186 g/mol. The van der Waals surface area contributed by atoms with Gasteiger partial charge in [0.25, 0.3) is 0 Å². The van der Waals surface area contributed by atoms with Gasteiger partial charge >= 0.3 is 5.97 Å². The second-order valence-electron chi connectivity index (χ2n) is 2.70. The number of rotatable bonds is 4. The lowest BCUT2D eigenvalue weighted by Gasteiger charge is -2.23. The zero-order chi connectivity index (χ0) is 10.4. The molecule has 0 atom stereocenters. The molecule has 0 unspecified atom stereocenters. The van der Waals surface area contributed by atoms with E-state index in [1.54, 1.807) is 6.92 Å². The highest BCUT2D eigenvalue weighted by Crippen LogP contribution is 2.08. The molecule has 0 rings (SSSR count). The maximum Gasteiger partial charge on any atom is 0.356 e. The average molecular weight is 186 g/mol. The lowest BCUT2D eigenvalue weighted by atomic mass is 10.3. The van der Waals surface area contributed by atoms with Gasteiger partial charge in [0, 0.05) is 18.8 Å². The van der Waals surface area contributed by atoms with E-state index < -0.39 is 0 Å². The van der Waals surface area contributed by atoms with Crippen molar-refractivity contribution >= 4 is 5.97 Å². The lowest BCUT2D eigenvalue weighted by molar-refractivity contribution is -0.138. The van der Waals surface area contributed by atoms with E-state index in [2.05, 4.69) is 4.74 Å². The Morgan fingerprint density at radius 3 is 2.08 bits per heavy atom. The Morgan fingerprint density at radius 1 is 1.38 bits per heavy atom. The predicted octanol–water partition coefficient (Wildman–Crippen LogP) is 0.691. The summed E-state index contributed by atoms with van der Waals surface area (Å²) in [5, 5.41) is 0. The van der Waals surface area contributed by atoms with Crippen molar-refractivity contribution in [3.63, 3.8) is 0 Å². The zero-order valence-corrected chi connectivity index (χ0v) is 8.76. The zero-order valence-electron chi connectivity index (χ0n) is 8.76. The standard InChI is InChI=1S/C9H18N2O2/c1-5-11(6-2)8(7(3)10)9(12)13-4/h5-6,10H2,1-4H3/b8-7+. The number of hydrogen-bond donors (Lipinski definition) is 1. The summed E-state index contributed by atoms with van der Waals surface area (Å²) in [6, 6.07) is 0. The first-order valence-electron chi connectivity index (χ1n) is 4.38. The maximum absolute atomic E-state index is 11.3. The fourth-order valence-electron chi connectivity index (χ4n) is 1.18. The largest absolute Gasteiger partial charge is 0.464 e.